The highest BCUT2D eigenvalue weighted by Crippen LogP contribution is 2.27. The van der Waals surface area contributed by atoms with Crippen molar-refractivity contribution in [3.8, 4) is 5.75 Å². The van der Waals surface area contributed by atoms with Crippen LogP contribution in [0.15, 0.2) is 28.7 Å². The molecule has 0 amide bonds. The number of aliphatic hydroxyl groups is 1. The standard InChI is InChI=1S/C16H24BrNO2/c1-12(13-5-2-3-6-13)18-10-15(19)11-20-16-8-4-7-14(17)9-16/h4,7-9,12-13,15,18-19H,2-3,5-6,10-11H2,1H3/t12-,15?/m0/s1. The quantitative estimate of drug-likeness (QED) is 0.798. The zero-order chi connectivity index (χ0) is 14.4. The van der Waals surface area contributed by atoms with Crippen molar-refractivity contribution in [1.29, 1.82) is 0 Å². The predicted molar refractivity (Wildman–Crippen MR) is 85.1 cm³/mol. The molecule has 1 aromatic rings. The van der Waals surface area contributed by atoms with Gasteiger partial charge in [0, 0.05) is 17.1 Å². The van der Waals surface area contributed by atoms with E-state index in [0.29, 0.717) is 19.2 Å². The number of halogens is 1. The minimum absolute atomic E-state index is 0.320. The van der Waals surface area contributed by atoms with Crippen molar-refractivity contribution in [3.05, 3.63) is 28.7 Å². The Kier molecular flexibility index (Phi) is 6.33. The number of hydrogen-bond donors (Lipinski definition) is 2. The summed E-state index contributed by atoms with van der Waals surface area (Å²) in [5.74, 6) is 1.55. The van der Waals surface area contributed by atoms with Gasteiger partial charge in [0.25, 0.3) is 0 Å². The molecule has 2 atom stereocenters. The molecule has 1 fully saturated rings. The predicted octanol–water partition coefficient (Wildman–Crippen LogP) is 3.36. The van der Waals surface area contributed by atoms with Crippen LogP contribution in [0, 0.1) is 5.92 Å². The number of rotatable bonds is 7. The van der Waals surface area contributed by atoms with Gasteiger partial charge in [-0.05, 0) is 43.9 Å². The average molecular weight is 342 g/mol. The molecule has 1 saturated carbocycles. The summed E-state index contributed by atoms with van der Waals surface area (Å²) in [5, 5.41) is 13.4. The molecule has 4 heteroatoms. The van der Waals surface area contributed by atoms with Crippen LogP contribution in [0.4, 0.5) is 0 Å². The molecule has 0 radical (unpaired) electrons. The average Bonchev–Trinajstić information content (AvgIpc) is 2.97. The van der Waals surface area contributed by atoms with E-state index in [0.717, 1.165) is 16.1 Å². The van der Waals surface area contributed by atoms with Crippen LogP contribution in [0.2, 0.25) is 0 Å². The van der Waals surface area contributed by atoms with E-state index in [1.807, 2.05) is 24.3 Å². The van der Waals surface area contributed by atoms with E-state index in [2.05, 4.69) is 28.2 Å². The zero-order valence-electron chi connectivity index (χ0n) is 12.0. The molecule has 3 nitrogen and oxygen atoms in total. The molecule has 0 aliphatic heterocycles. The van der Waals surface area contributed by atoms with Gasteiger partial charge in [-0.2, -0.15) is 0 Å². The van der Waals surface area contributed by atoms with Crippen LogP contribution in [0.25, 0.3) is 0 Å². The SMILES string of the molecule is C[C@H](NCC(O)COc1cccc(Br)c1)C1CCCC1. The third-order valence-corrected chi connectivity index (χ3v) is 4.51. The molecule has 1 unspecified atom stereocenters. The summed E-state index contributed by atoms with van der Waals surface area (Å²) in [6.07, 6.45) is 4.87. The molecule has 2 rings (SSSR count). The van der Waals surface area contributed by atoms with Crippen LogP contribution in [0.5, 0.6) is 5.75 Å². The van der Waals surface area contributed by atoms with Gasteiger partial charge in [0.1, 0.15) is 18.5 Å². The summed E-state index contributed by atoms with van der Waals surface area (Å²) >= 11 is 3.40. The van der Waals surface area contributed by atoms with Crippen LogP contribution >= 0.6 is 15.9 Å². The molecule has 20 heavy (non-hydrogen) atoms. The fraction of sp³-hybridized carbons (Fsp3) is 0.625. The molecule has 0 saturated heterocycles. The zero-order valence-corrected chi connectivity index (χ0v) is 13.6. The summed E-state index contributed by atoms with van der Waals surface area (Å²) < 4.78 is 6.57. The lowest BCUT2D eigenvalue weighted by molar-refractivity contribution is 0.102. The van der Waals surface area contributed by atoms with Crippen molar-refractivity contribution in [2.75, 3.05) is 13.2 Å². The van der Waals surface area contributed by atoms with Crippen LogP contribution in [-0.2, 0) is 0 Å². The van der Waals surface area contributed by atoms with Crippen molar-refractivity contribution in [2.45, 2.75) is 44.8 Å². The first kappa shape index (κ1) is 15.8. The highest BCUT2D eigenvalue weighted by Gasteiger charge is 2.21. The minimum atomic E-state index is -0.474. The maximum absolute atomic E-state index is 9.97. The van der Waals surface area contributed by atoms with Gasteiger partial charge in [0.15, 0.2) is 0 Å². The Labute approximate surface area is 129 Å². The molecule has 1 aliphatic carbocycles. The molecule has 1 aliphatic rings. The van der Waals surface area contributed by atoms with E-state index in [1.165, 1.54) is 25.7 Å². The third kappa shape index (κ3) is 5.08. The Hall–Kier alpha value is -0.580. The Morgan fingerprint density at radius 3 is 2.85 bits per heavy atom. The first-order chi connectivity index (χ1) is 9.65. The first-order valence-electron chi connectivity index (χ1n) is 7.45. The van der Waals surface area contributed by atoms with E-state index >= 15 is 0 Å². The van der Waals surface area contributed by atoms with Crippen molar-refractivity contribution < 1.29 is 9.84 Å². The number of hydrogen-bond acceptors (Lipinski definition) is 3. The largest absolute Gasteiger partial charge is 0.491 e. The highest BCUT2D eigenvalue weighted by atomic mass is 79.9. The Morgan fingerprint density at radius 1 is 1.40 bits per heavy atom. The number of benzene rings is 1. The highest BCUT2D eigenvalue weighted by molar-refractivity contribution is 9.10. The van der Waals surface area contributed by atoms with Gasteiger partial charge >= 0.3 is 0 Å². The second-order valence-corrected chi connectivity index (χ2v) is 6.58. The summed E-state index contributed by atoms with van der Waals surface area (Å²) in [7, 11) is 0. The first-order valence-corrected chi connectivity index (χ1v) is 8.24. The lowest BCUT2D eigenvalue weighted by Crippen LogP contribution is -2.39. The maximum Gasteiger partial charge on any atom is 0.120 e. The lowest BCUT2D eigenvalue weighted by atomic mass is 10.00. The van der Waals surface area contributed by atoms with Crippen LogP contribution in [-0.4, -0.2) is 30.4 Å². The third-order valence-electron chi connectivity index (χ3n) is 4.02. The van der Waals surface area contributed by atoms with Crippen molar-refractivity contribution in [2.24, 2.45) is 5.92 Å². The molecule has 0 heterocycles. The van der Waals surface area contributed by atoms with E-state index in [-0.39, 0.29) is 0 Å². The number of ether oxygens (including phenoxy) is 1. The van der Waals surface area contributed by atoms with Gasteiger partial charge in [0.2, 0.25) is 0 Å². The van der Waals surface area contributed by atoms with Crippen LogP contribution in [0.3, 0.4) is 0 Å². The normalized spacial score (nSPS) is 18.9. The maximum atomic E-state index is 9.97. The van der Waals surface area contributed by atoms with E-state index in [1.54, 1.807) is 0 Å². The summed E-state index contributed by atoms with van der Waals surface area (Å²) in [6.45, 7) is 3.13. The monoisotopic (exact) mass is 341 g/mol. The Balaban J connectivity index is 1.66. The molecule has 2 N–H and O–H groups in total. The van der Waals surface area contributed by atoms with E-state index in [4.69, 9.17) is 4.74 Å². The molecule has 1 aromatic carbocycles. The summed E-state index contributed by atoms with van der Waals surface area (Å²) in [4.78, 5) is 0. The van der Waals surface area contributed by atoms with Crippen molar-refractivity contribution in [1.82, 2.24) is 5.32 Å². The van der Waals surface area contributed by atoms with E-state index < -0.39 is 6.10 Å². The Bertz CT molecular complexity index is 407. The van der Waals surface area contributed by atoms with Gasteiger partial charge in [-0.25, -0.2) is 0 Å². The number of aliphatic hydroxyl groups excluding tert-OH is 1. The fourth-order valence-corrected chi connectivity index (χ4v) is 3.13. The topological polar surface area (TPSA) is 41.5 Å². The smallest absolute Gasteiger partial charge is 0.120 e. The van der Waals surface area contributed by atoms with Crippen LogP contribution in [0.1, 0.15) is 32.6 Å². The van der Waals surface area contributed by atoms with E-state index in [9.17, 15) is 5.11 Å². The van der Waals surface area contributed by atoms with Gasteiger partial charge in [-0.15, -0.1) is 0 Å². The molecular formula is C16H24BrNO2. The molecule has 0 bridgehead atoms. The summed E-state index contributed by atoms with van der Waals surface area (Å²) in [6, 6.07) is 8.16. The fourth-order valence-electron chi connectivity index (χ4n) is 2.75. The molecule has 0 spiro atoms. The van der Waals surface area contributed by atoms with Crippen molar-refractivity contribution in [3.63, 3.8) is 0 Å². The molecular weight excluding hydrogens is 318 g/mol. The van der Waals surface area contributed by atoms with Gasteiger partial charge in [-0.3, -0.25) is 0 Å². The van der Waals surface area contributed by atoms with Crippen LogP contribution < -0.4 is 10.1 Å². The van der Waals surface area contributed by atoms with Gasteiger partial charge < -0.3 is 15.2 Å². The second kappa shape index (κ2) is 8.01. The lowest BCUT2D eigenvalue weighted by Gasteiger charge is -2.22. The van der Waals surface area contributed by atoms with Gasteiger partial charge in [-0.1, -0.05) is 34.8 Å². The van der Waals surface area contributed by atoms with Gasteiger partial charge in [0.05, 0.1) is 0 Å². The second-order valence-electron chi connectivity index (χ2n) is 5.66. The molecule has 112 valence electrons. The minimum Gasteiger partial charge on any atom is -0.491 e. The number of nitrogens with one attached hydrogen (secondary N) is 1. The summed E-state index contributed by atoms with van der Waals surface area (Å²) in [5.41, 5.74) is 0. The Morgan fingerprint density at radius 2 is 2.15 bits per heavy atom. The molecule has 0 aromatic heterocycles. The van der Waals surface area contributed by atoms with Crippen molar-refractivity contribution >= 4 is 15.9 Å².